The standard InChI is InChI=1S/C22H20N4O3/c1-16-3-2-4-19(13-16)25-21(27)15-29-20-7-5-17(6-8-20)14-24-26-22(28)18-9-11-23-12-10-18/h2-14H,15H2,1H3,(H,25,27)(H,26,28). The van der Waals surface area contributed by atoms with Crippen molar-refractivity contribution < 1.29 is 14.3 Å². The van der Waals surface area contributed by atoms with Gasteiger partial charge in [0.15, 0.2) is 6.61 Å². The van der Waals surface area contributed by atoms with Crippen molar-refractivity contribution in [1.29, 1.82) is 0 Å². The van der Waals surface area contributed by atoms with Gasteiger partial charge in [0, 0.05) is 23.6 Å². The third-order valence-electron chi connectivity index (χ3n) is 3.87. The van der Waals surface area contributed by atoms with Gasteiger partial charge in [0.2, 0.25) is 0 Å². The smallest absolute Gasteiger partial charge is 0.271 e. The lowest BCUT2D eigenvalue weighted by Crippen LogP contribution is -2.20. The molecule has 0 fully saturated rings. The molecular weight excluding hydrogens is 368 g/mol. The number of aromatic nitrogens is 1. The first-order chi connectivity index (χ1) is 14.1. The first-order valence-electron chi connectivity index (χ1n) is 8.93. The summed E-state index contributed by atoms with van der Waals surface area (Å²) in [6, 6.07) is 17.8. The van der Waals surface area contributed by atoms with E-state index in [1.54, 1.807) is 48.8 Å². The van der Waals surface area contributed by atoms with Crippen LogP contribution in [0, 0.1) is 6.92 Å². The van der Waals surface area contributed by atoms with Gasteiger partial charge in [-0.15, -0.1) is 0 Å². The number of anilines is 1. The molecule has 146 valence electrons. The summed E-state index contributed by atoms with van der Waals surface area (Å²) in [5.74, 6) is 0.00523. The SMILES string of the molecule is Cc1cccc(NC(=O)COc2ccc(C=NNC(=O)c3ccncc3)cc2)c1. The molecule has 0 radical (unpaired) electrons. The highest BCUT2D eigenvalue weighted by molar-refractivity contribution is 5.94. The number of hydrazone groups is 1. The minimum absolute atomic E-state index is 0.0939. The maximum absolute atomic E-state index is 12.0. The molecule has 0 aliphatic rings. The Bertz CT molecular complexity index is 1000. The number of carbonyl (C=O) groups is 2. The molecule has 0 atom stereocenters. The topological polar surface area (TPSA) is 92.7 Å². The number of pyridine rings is 1. The van der Waals surface area contributed by atoms with E-state index in [1.165, 1.54) is 6.21 Å². The molecule has 0 saturated heterocycles. The molecule has 0 aliphatic carbocycles. The molecular formula is C22H20N4O3. The van der Waals surface area contributed by atoms with Gasteiger partial charge >= 0.3 is 0 Å². The van der Waals surface area contributed by atoms with Crippen molar-refractivity contribution in [2.75, 3.05) is 11.9 Å². The van der Waals surface area contributed by atoms with Crippen molar-refractivity contribution in [3.8, 4) is 5.75 Å². The zero-order valence-electron chi connectivity index (χ0n) is 15.8. The molecule has 1 heterocycles. The Morgan fingerprint density at radius 2 is 1.83 bits per heavy atom. The molecule has 29 heavy (non-hydrogen) atoms. The van der Waals surface area contributed by atoms with Crippen LogP contribution in [0.5, 0.6) is 5.75 Å². The van der Waals surface area contributed by atoms with Crippen LogP contribution in [-0.4, -0.2) is 29.6 Å². The lowest BCUT2D eigenvalue weighted by Gasteiger charge is -2.08. The summed E-state index contributed by atoms with van der Waals surface area (Å²) in [5.41, 5.74) is 5.50. The number of nitrogens with zero attached hydrogens (tertiary/aromatic N) is 2. The monoisotopic (exact) mass is 388 g/mol. The summed E-state index contributed by atoms with van der Waals surface area (Å²) in [5, 5.41) is 6.71. The van der Waals surface area contributed by atoms with Gasteiger partial charge in [-0.25, -0.2) is 5.43 Å². The van der Waals surface area contributed by atoms with Crippen LogP contribution in [0.15, 0.2) is 78.2 Å². The van der Waals surface area contributed by atoms with Crippen LogP contribution < -0.4 is 15.5 Å². The number of hydrogen-bond donors (Lipinski definition) is 2. The van der Waals surface area contributed by atoms with E-state index < -0.39 is 0 Å². The first kappa shape index (κ1) is 19.8. The summed E-state index contributed by atoms with van der Waals surface area (Å²) in [4.78, 5) is 27.7. The van der Waals surface area contributed by atoms with Crippen LogP contribution in [0.1, 0.15) is 21.5 Å². The third kappa shape index (κ3) is 6.28. The summed E-state index contributed by atoms with van der Waals surface area (Å²) >= 11 is 0. The van der Waals surface area contributed by atoms with Crippen molar-refractivity contribution in [1.82, 2.24) is 10.4 Å². The van der Waals surface area contributed by atoms with Crippen molar-refractivity contribution >= 4 is 23.7 Å². The van der Waals surface area contributed by atoms with Gasteiger partial charge in [-0.3, -0.25) is 14.6 Å². The van der Waals surface area contributed by atoms with Gasteiger partial charge in [-0.2, -0.15) is 5.10 Å². The fourth-order valence-corrected chi connectivity index (χ4v) is 2.45. The quantitative estimate of drug-likeness (QED) is 0.480. The van der Waals surface area contributed by atoms with E-state index in [9.17, 15) is 9.59 Å². The Kier molecular flexibility index (Phi) is 6.67. The van der Waals surface area contributed by atoms with Crippen LogP contribution in [-0.2, 0) is 4.79 Å². The number of amides is 2. The van der Waals surface area contributed by atoms with E-state index in [0.717, 1.165) is 16.8 Å². The number of rotatable bonds is 7. The van der Waals surface area contributed by atoms with E-state index >= 15 is 0 Å². The van der Waals surface area contributed by atoms with Gasteiger partial charge < -0.3 is 10.1 Å². The lowest BCUT2D eigenvalue weighted by molar-refractivity contribution is -0.118. The molecule has 3 rings (SSSR count). The van der Waals surface area contributed by atoms with Crippen LogP contribution in [0.4, 0.5) is 5.69 Å². The average Bonchev–Trinajstić information content (AvgIpc) is 2.74. The summed E-state index contributed by atoms with van der Waals surface area (Å²) in [7, 11) is 0. The van der Waals surface area contributed by atoms with Gasteiger partial charge in [0.1, 0.15) is 5.75 Å². The fraction of sp³-hybridized carbons (Fsp3) is 0.0909. The minimum Gasteiger partial charge on any atom is -0.484 e. The van der Waals surface area contributed by atoms with Gasteiger partial charge in [-0.05, 0) is 66.6 Å². The zero-order valence-corrected chi connectivity index (χ0v) is 15.8. The highest BCUT2D eigenvalue weighted by Crippen LogP contribution is 2.12. The fourth-order valence-electron chi connectivity index (χ4n) is 2.45. The highest BCUT2D eigenvalue weighted by Gasteiger charge is 2.04. The Morgan fingerprint density at radius 1 is 1.07 bits per heavy atom. The summed E-state index contributed by atoms with van der Waals surface area (Å²) < 4.78 is 5.49. The van der Waals surface area contributed by atoms with Crippen molar-refractivity contribution in [2.45, 2.75) is 6.92 Å². The van der Waals surface area contributed by atoms with Crippen molar-refractivity contribution in [3.05, 3.63) is 89.7 Å². The van der Waals surface area contributed by atoms with E-state index in [4.69, 9.17) is 4.74 Å². The molecule has 2 N–H and O–H groups in total. The maximum atomic E-state index is 12.0. The number of nitrogens with one attached hydrogen (secondary N) is 2. The van der Waals surface area contributed by atoms with Crippen LogP contribution in [0.3, 0.4) is 0 Å². The predicted molar refractivity (Wildman–Crippen MR) is 111 cm³/mol. The second-order valence-electron chi connectivity index (χ2n) is 6.21. The molecule has 2 amide bonds. The number of hydrogen-bond acceptors (Lipinski definition) is 5. The molecule has 3 aromatic rings. The Morgan fingerprint density at radius 3 is 2.55 bits per heavy atom. The predicted octanol–water partition coefficient (Wildman–Crippen LogP) is 3.17. The maximum Gasteiger partial charge on any atom is 0.271 e. The normalized spacial score (nSPS) is 10.5. The molecule has 0 saturated carbocycles. The molecule has 7 heteroatoms. The van der Waals surface area contributed by atoms with E-state index in [-0.39, 0.29) is 18.4 Å². The largest absolute Gasteiger partial charge is 0.484 e. The van der Waals surface area contributed by atoms with Gasteiger partial charge in [0.25, 0.3) is 11.8 Å². The van der Waals surface area contributed by atoms with Gasteiger partial charge in [0.05, 0.1) is 6.21 Å². The van der Waals surface area contributed by atoms with Crippen molar-refractivity contribution in [2.24, 2.45) is 5.10 Å². The van der Waals surface area contributed by atoms with Gasteiger partial charge in [-0.1, -0.05) is 12.1 Å². The summed E-state index contributed by atoms with van der Waals surface area (Å²) in [6.07, 6.45) is 4.60. The highest BCUT2D eigenvalue weighted by atomic mass is 16.5. The zero-order chi connectivity index (χ0) is 20.5. The minimum atomic E-state index is -0.316. The molecule has 0 aliphatic heterocycles. The second kappa shape index (κ2) is 9.80. The van der Waals surface area contributed by atoms with E-state index in [0.29, 0.717) is 11.3 Å². The number of benzene rings is 2. The lowest BCUT2D eigenvalue weighted by atomic mass is 10.2. The number of aryl methyl sites for hydroxylation is 1. The molecule has 0 spiro atoms. The third-order valence-corrected chi connectivity index (χ3v) is 3.87. The van der Waals surface area contributed by atoms with Crippen LogP contribution in [0.2, 0.25) is 0 Å². The number of ether oxygens (including phenoxy) is 1. The Balaban J connectivity index is 1.46. The number of carbonyl (C=O) groups excluding carboxylic acids is 2. The Labute approximate surface area is 168 Å². The second-order valence-corrected chi connectivity index (χ2v) is 6.21. The molecule has 2 aromatic carbocycles. The average molecular weight is 388 g/mol. The first-order valence-corrected chi connectivity index (χ1v) is 8.93. The molecule has 7 nitrogen and oxygen atoms in total. The Hall–Kier alpha value is -4.00. The van der Waals surface area contributed by atoms with Crippen LogP contribution >= 0.6 is 0 Å². The van der Waals surface area contributed by atoms with Crippen molar-refractivity contribution in [3.63, 3.8) is 0 Å². The van der Waals surface area contributed by atoms with E-state index in [2.05, 4.69) is 20.8 Å². The summed E-state index contributed by atoms with van der Waals surface area (Å²) in [6.45, 7) is 1.87. The van der Waals surface area contributed by atoms with E-state index in [1.807, 2.05) is 31.2 Å². The molecule has 0 unspecified atom stereocenters. The molecule has 1 aromatic heterocycles. The molecule has 0 bridgehead atoms. The van der Waals surface area contributed by atoms with Crippen LogP contribution in [0.25, 0.3) is 0 Å².